The van der Waals surface area contributed by atoms with E-state index >= 15 is 0 Å². The van der Waals surface area contributed by atoms with Crippen LogP contribution in [-0.4, -0.2) is 9.13 Å². The molecule has 0 saturated carbocycles. The minimum atomic E-state index is 0.822. The molecule has 0 fully saturated rings. The number of rotatable bonds is 4. The summed E-state index contributed by atoms with van der Waals surface area (Å²) in [5.74, 6) is 0. The van der Waals surface area contributed by atoms with Crippen molar-refractivity contribution in [2.45, 2.75) is 0 Å². The van der Waals surface area contributed by atoms with Crippen molar-refractivity contribution in [2.75, 3.05) is 11.1 Å². The highest BCUT2D eigenvalue weighted by Crippen LogP contribution is 2.33. The van der Waals surface area contributed by atoms with Gasteiger partial charge in [0, 0.05) is 54.5 Å². The molecule has 10 aromatic rings. The number of anilines is 3. The van der Waals surface area contributed by atoms with Gasteiger partial charge in [0.1, 0.15) is 0 Å². The van der Waals surface area contributed by atoms with Crippen molar-refractivity contribution in [3.63, 3.8) is 0 Å². The Morgan fingerprint density at radius 2 is 0.660 bits per heavy atom. The topological polar surface area (TPSA) is 47.9 Å². The third-order valence-corrected chi connectivity index (χ3v) is 9.76. The van der Waals surface area contributed by atoms with E-state index in [1.807, 2.05) is 48.5 Å². The standard InChI is InChI=1S/C24H18N2.C18H12BrN.C6H7N/c1-2-8-18(9-3-1)25-19-14-16-20(17-15-19)26-23-12-6-4-10-21(23)22-11-5-7-13-24(22)26;19-13-9-11-14(12-10-13)20-17-7-3-1-5-15(17)16-6-2-4-8-18(16)20;7-6-4-2-1-3-5-6/h1-17,25H;1-12H;1-5H,7H2. The number of hydrogen-bond acceptors (Lipinski definition) is 2. The molecule has 256 valence electrons. The summed E-state index contributed by atoms with van der Waals surface area (Å²) in [6.07, 6.45) is 0. The average molecular weight is 750 g/mol. The van der Waals surface area contributed by atoms with E-state index in [1.165, 1.54) is 55.0 Å². The number of nitrogens with two attached hydrogens (primary N) is 1. The van der Waals surface area contributed by atoms with Crippen LogP contribution in [0.5, 0.6) is 0 Å². The molecule has 53 heavy (non-hydrogen) atoms. The first-order chi connectivity index (χ1) is 26.1. The second-order valence-corrected chi connectivity index (χ2v) is 13.6. The number of fused-ring (bicyclic) bond motifs is 6. The van der Waals surface area contributed by atoms with E-state index in [2.05, 4.69) is 188 Å². The molecule has 0 bridgehead atoms. The molecule has 0 unspecified atom stereocenters. The van der Waals surface area contributed by atoms with Crippen LogP contribution in [-0.2, 0) is 0 Å². The first kappa shape index (κ1) is 33.6. The van der Waals surface area contributed by atoms with Gasteiger partial charge in [-0.15, -0.1) is 0 Å². The van der Waals surface area contributed by atoms with Crippen molar-refractivity contribution < 1.29 is 0 Å². The first-order valence-corrected chi connectivity index (χ1v) is 18.4. The summed E-state index contributed by atoms with van der Waals surface area (Å²) < 4.78 is 5.75. The number of benzene rings is 8. The van der Waals surface area contributed by atoms with Crippen LogP contribution in [0.4, 0.5) is 17.1 Å². The molecule has 4 nitrogen and oxygen atoms in total. The molecular weight excluding hydrogens is 712 g/mol. The lowest BCUT2D eigenvalue weighted by molar-refractivity contribution is 1.18. The number of hydrogen-bond donors (Lipinski definition) is 2. The zero-order valence-electron chi connectivity index (χ0n) is 29.0. The number of para-hydroxylation sites is 6. The highest BCUT2D eigenvalue weighted by atomic mass is 79.9. The summed E-state index contributed by atoms with van der Waals surface area (Å²) in [5.41, 5.74) is 15.7. The molecular formula is C48H37BrN4. The van der Waals surface area contributed by atoms with E-state index in [9.17, 15) is 0 Å². The highest BCUT2D eigenvalue weighted by Gasteiger charge is 2.12. The maximum atomic E-state index is 5.36. The van der Waals surface area contributed by atoms with Crippen LogP contribution in [0.2, 0.25) is 0 Å². The molecule has 0 radical (unpaired) electrons. The van der Waals surface area contributed by atoms with Gasteiger partial charge in [0.25, 0.3) is 0 Å². The lowest BCUT2D eigenvalue weighted by atomic mass is 10.2. The third kappa shape index (κ3) is 7.16. The summed E-state index contributed by atoms with van der Waals surface area (Å²) in [5, 5.41) is 8.61. The number of halogens is 1. The predicted molar refractivity (Wildman–Crippen MR) is 230 cm³/mol. The van der Waals surface area contributed by atoms with Gasteiger partial charge in [-0.05, 0) is 97.1 Å². The minimum absolute atomic E-state index is 0.822. The molecule has 8 aromatic carbocycles. The van der Waals surface area contributed by atoms with Crippen LogP contribution < -0.4 is 11.1 Å². The monoisotopic (exact) mass is 748 g/mol. The molecule has 5 heteroatoms. The van der Waals surface area contributed by atoms with Gasteiger partial charge in [-0.3, -0.25) is 0 Å². The molecule has 2 heterocycles. The van der Waals surface area contributed by atoms with Crippen LogP contribution in [0.3, 0.4) is 0 Å². The Labute approximate surface area is 317 Å². The Bertz CT molecular complexity index is 2640. The average Bonchev–Trinajstić information content (AvgIpc) is 3.73. The molecule has 0 saturated heterocycles. The molecule has 0 aliphatic rings. The minimum Gasteiger partial charge on any atom is -0.399 e. The van der Waals surface area contributed by atoms with Crippen LogP contribution >= 0.6 is 15.9 Å². The second kappa shape index (κ2) is 15.4. The number of nitrogen functional groups attached to an aromatic ring is 1. The fraction of sp³-hybridized carbons (Fsp3) is 0. The first-order valence-electron chi connectivity index (χ1n) is 17.6. The number of nitrogens with one attached hydrogen (secondary N) is 1. The van der Waals surface area contributed by atoms with Crippen molar-refractivity contribution >= 4 is 76.6 Å². The number of aromatic nitrogens is 2. The summed E-state index contributed by atoms with van der Waals surface area (Å²) in [6.45, 7) is 0. The second-order valence-electron chi connectivity index (χ2n) is 12.7. The maximum absolute atomic E-state index is 5.36. The van der Waals surface area contributed by atoms with Gasteiger partial charge < -0.3 is 20.2 Å². The molecule has 2 aromatic heterocycles. The lowest BCUT2D eigenvalue weighted by Gasteiger charge is -2.10. The molecule has 10 rings (SSSR count). The predicted octanol–water partition coefficient (Wildman–Crippen LogP) is 13.3. The molecule has 0 aliphatic carbocycles. The van der Waals surface area contributed by atoms with E-state index in [0.29, 0.717) is 0 Å². The zero-order valence-corrected chi connectivity index (χ0v) is 30.6. The van der Waals surface area contributed by atoms with Gasteiger partial charge in [0.15, 0.2) is 0 Å². The van der Waals surface area contributed by atoms with E-state index in [-0.39, 0.29) is 0 Å². The highest BCUT2D eigenvalue weighted by molar-refractivity contribution is 9.10. The largest absolute Gasteiger partial charge is 0.399 e. The smallest absolute Gasteiger partial charge is 0.0541 e. The van der Waals surface area contributed by atoms with Crippen molar-refractivity contribution in [3.05, 3.63) is 211 Å². The summed E-state index contributed by atoms with van der Waals surface area (Å²) >= 11 is 3.50. The maximum Gasteiger partial charge on any atom is 0.0541 e. The normalized spacial score (nSPS) is 10.8. The van der Waals surface area contributed by atoms with Crippen LogP contribution in [0, 0.1) is 0 Å². The molecule has 3 N–H and O–H groups in total. The SMILES string of the molecule is Brc1ccc(-n2c3ccccc3c3ccccc32)cc1.Nc1ccccc1.c1ccc(Nc2ccc(-n3c4ccccc4c4ccccc43)cc2)cc1. The summed E-state index contributed by atoms with van der Waals surface area (Å²) in [7, 11) is 0. The van der Waals surface area contributed by atoms with Gasteiger partial charge in [-0.2, -0.15) is 0 Å². The lowest BCUT2D eigenvalue weighted by Crippen LogP contribution is -1.95. The van der Waals surface area contributed by atoms with Gasteiger partial charge in [0.2, 0.25) is 0 Å². The van der Waals surface area contributed by atoms with E-state index in [1.54, 1.807) is 0 Å². The number of nitrogens with zero attached hydrogens (tertiary/aromatic N) is 2. The van der Waals surface area contributed by atoms with Gasteiger partial charge in [-0.25, -0.2) is 0 Å². The Balaban J connectivity index is 0.000000131. The Kier molecular flexibility index (Phi) is 9.73. The van der Waals surface area contributed by atoms with Crippen molar-refractivity contribution in [2.24, 2.45) is 0 Å². The van der Waals surface area contributed by atoms with E-state index in [4.69, 9.17) is 5.73 Å². The zero-order chi connectivity index (χ0) is 36.0. The quantitative estimate of drug-likeness (QED) is 0.176. The van der Waals surface area contributed by atoms with Crippen molar-refractivity contribution in [1.29, 1.82) is 0 Å². The van der Waals surface area contributed by atoms with Crippen molar-refractivity contribution in [1.82, 2.24) is 9.13 Å². The molecule has 0 amide bonds. The Morgan fingerprint density at radius 1 is 0.340 bits per heavy atom. The van der Waals surface area contributed by atoms with Crippen LogP contribution in [0.25, 0.3) is 55.0 Å². The Morgan fingerprint density at radius 3 is 1.04 bits per heavy atom. The van der Waals surface area contributed by atoms with Crippen LogP contribution in [0.1, 0.15) is 0 Å². The van der Waals surface area contributed by atoms with Gasteiger partial charge in [0.05, 0.1) is 22.1 Å². The van der Waals surface area contributed by atoms with Gasteiger partial charge >= 0.3 is 0 Å². The summed E-state index contributed by atoms with van der Waals surface area (Å²) in [6, 6.07) is 71.1. The fourth-order valence-corrected chi connectivity index (χ4v) is 7.09. The van der Waals surface area contributed by atoms with Gasteiger partial charge in [-0.1, -0.05) is 125 Å². The molecule has 0 atom stereocenters. The van der Waals surface area contributed by atoms with Crippen molar-refractivity contribution in [3.8, 4) is 11.4 Å². The van der Waals surface area contributed by atoms with E-state index in [0.717, 1.165) is 21.5 Å². The molecule has 0 aliphatic heterocycles. The third-order valence-electron chi connectivity index (χ3n) is 9.23. The van der Waals surface area contributed by atoms with Crippen LogP contribution in [0.15, 0.2) is 211 Å². The fourth-order valence-electron chi connectivity index (χ4n) is 6.83. The van der Waals surface area contributed by atoms with E-state index < -0.39 is 0 Å². The molecule has 0 spiro atoms. The summed E-state index contributed by atoms with van der Waals surface area (Å²) in [4.78, 5) is 0. The Hall–Kier alpha value is -6.56.